The predicted molar refractivity (Wildman–Crippen MR) is 102 cm³/mol. The largest absolute Gasteiger partial charge is 0.481 e. The molecule has 1 fully saturated rings. The van der Waals surface area contributed by atoms with Gasteiger partial charge in [-0.05, 0) is 49.2 Å². The molecule has 1 aromatic heterocycles. The van der Waals surface area contributed by atoms with Crippen molar-refractivity contribution in [3.05, 3.63) is 77.7 Å². The average molecular weight is 364 g/mol. The van der Waals surface area contributed by atoms with Gasteiger partial charge in [0.05, 0.1) is 23.2 Å². The van der Waals surface area contributed by atoms with Crippen molar-refractivity contribution in [1.82, 2.24) is 9.88 Å². The van der Waals surface area contributed by atoms with Crippen LogP contribution in [0.2, 0.25) is 0 Å². The lowest BCUT2D eigenvalue weighted by molar-refractivity contribution is -0.143. The topological polar surface area (TPSA) is 53.4 Å². The first-order chi connectivity index (χ1) is 13.1. The summed E-state index contributed by atoms with van der Waals surface area (Å²) in [6.07, 6.45) is 1.51. The fraction of sp³-hybridized carbons (Fsp3) is 0.273. The van der Waals surface area contributed by atoms with Crippen molar-refractivity contribution in [2.75, 3.05) is 13.1 Å². The van der Waals surface area contributed by atoms with Gasteiger partial charge in [-0.1, -0.05) is 36.4 Å². The molecule has 4 rings (SSSR count). The molecular weight excluding hydrogens is 343 g/mol. The zero-order valence-corrected chi connectivity index (χ0v) is 14.9. The fourth-order valence-corrected chi connectivity index (χ4v) is 3.89. The van der Waals surface area contributed by atoms with Crippen molar-refractivity contribution in [1.29, 1.82) is 0 Å². The first-order valence-corrected chi connectivity index (χ1v) is 9.20. The Balaban J connectivity index is 1.77. The van der Waals surface area contributed by atoms with Crippen LogP contribution in [0.4, 0.5) is 4.39 Å². The van der Waals surface area contributed by atoms with Crippen molar-refractivity contribution < 1.29 is 14.3 Å². The van der Waals surface area contributed by atoms with Crippen LogP contribution in [0.5, 0.6) is 0 Å². The predicted octanol–water partition coefficient (Wildman–Crippen LogP) is 4.26. The first kappa shape index (κ1) is 17.6. The fourth-order valence-electron chi connectivity index (χ4n) is 3.89. The van der Waals surface area contributed by atoms with Gasteiger partial charge < -0.3 is 5.11 Å². The Labute approximate surface area is 157 Å². The molecule has 0 bridgehead atoms. The van der Waals surface area contributed by atoms with E-state index >= 15 is 0 Å². The zero-order chi connectivity index (χ0) is 18.8. The van der Waals surface area contributed by atoms with Gasteiger partial charge in [-0.3, -0.25) is 14.7 Å². The molecular formula is C22H21FN2O2. The van der Waals surface area contributed by atoms with Gasteiger partial charge in [0.15, 0.2) is 0 Å². The second-order valence-electron chi connectivity index (χ2n) is 7.06. The molecule has 1 aliphatic heterocycles. The van der Waals surface area contributed by atoms with E-state index in [9.17, 15) is 14.3 Å². The number of benzene rings is 2. The number of rotatable bonds is 4. The Kier molecular flexibility index (Phi) is 4.86. The molecule has 1 N–H and O–H groups in total. The third-order valence-electron chi connectivity index (χ3n) is 5.25. The number of aliphatic carboxylic acids is 1. The minimum Gasteiger partial charge on any atom is -0.481 e. The van der Waals surface area contributed by atoms with Gasteiger partial charge >= 0.3 is 5.97 Å². The molecule has 0 aliphatic carbocycles. The number of halogens is 1. The number of carboxylic acids is 1. The van der Waals surface area contributed by atoms with Crippen molar-refractivity contribution in [2.45, 2.75) is 18.9 Å². The maximum absolute atomic E-state index is 13.5. The molecule has 2 unspecified atom stereocenters. The van der Waals surface area contributed by atoms with Crippen LogP contribution in [0.1, 0.15) is 30.1 Å². The van der Waals surface area contributed by atoms with E-state index in [0.717, 1.165) is 35.1 Å². The summed E-state index contributed by atoms with van der Waals surface area (Å²) in [7, 11) is 0. The standard InChI is InChI=1S/C22H21FN2O2/c23-18-10-7-16(8-11-18)21(25-13-3-5-17(14-25)22(26)27)20-12-9-15-4-1-2-6-19(15)24-20/h1-2,4,6-12,17,21H,3,5,13-14H2,(H,26,27). The van der Waals surface area contributed by atoms with E-state index in [1.165, 1.54) is 12.1 Å². The summed E-state index contributed by atoms with van der Waals surface area (Å²) in [6.45, 7) is 1.26. The van der Waals surface area contributed by atoms with Crippen molar-refractivity contribution >= 4 is 16.9 Å². The molecule has 2 aromatic carbocycles. The van der Waals surface area contributed by atoms with Gasteiger partial charge in [0.1, 0.15) is 5.82 Å². The molecule has 3 aromatic rings. The number of likely N-dealkylation sites (tertiary alicyclic amines) is 1. The molecule has 0 saturated carbocycles. The van der Waals surface area contributed by atoms with Gasteiger partial charge in [-0.15, -0.1) is 0 Å². The maximum atomic E-state index is 13.5. The molecule has 27 heavy (non-hydrogen) atoms. The molecule has 1 aliphatic rings. The highest BCUT2D eigenvalue weighted by atomic mass is 19.1. The molecule has 0 spiro atoms. The number of hydrogen-bond acceptors (Lipinski definition) is 3. The summed E-state index contributed by atoms with van der Waals surface area (Å²) in [5.74, 6) is -1.43. The molecule has 0 radical (unpaired) electrons. The highest BCUT2D eigenvalue weighted by molar-refractivity contribution is 5.78. The number of nitrogens with zero attached hydrogens (tertiary/aromatic N) is 2. The zero-order valence-electron chi connectivity index (χ0n) is 14.9. The Morgan fingerprint density at radius 3 is 2.67 bits per heavy atom. The number of pyridine rings is 1. The number of hydrogen-bond donors (Lipinski definition) is 1. The normalized spacial score (nSPS) is 19.1. The summed E-state index contributed by atoms with van der Waals surface area (Å²) >= 11 is 0. The molecule has 138 valence electrons. The number of carboxylic acid groups (broad SMARTS) is 1. The minimum atomic E-state index is -0.760. The van der Waals surface area contributed by atoms with Gasteiger partial charge in [0, 0.05) is 11.9 Å². The van der Waals surface area contributed by atoms with E-state index in [2.05, 4.69) is 4.90 Å². The smallest absolute Gasteiger partial charge is 0.307 e. The second kappa shape index (κ2) is 7.45. The highest BCUT2D eigenvalue weighted by Gasteiger charge is 2.32. The third-order valence-corrected chi connectivity index (χ3v) is 5.25. The number of aromatic nitrogens is 1. The number of piperidine rings is 1. The van der Waals surface area contributed by atoms with Crippen LogP contribution in [-0.2, 0) is 4.79 Å². The number of para-hydroxylation sites is 1. The highest BCUT2D eigenvalue weighted by Crippen LogP contribution is 2.32. The molecule has 0 amide bonds. The molecule has 2 atom stereocenters. The molecule has 5 heteroatoms. The Morgan fingerprint density at radius 2 is 1.89 bits per heavy atom. The monoisotopic (exact) mass is 364 g/mol. The van der Waals surface area contributed by atoms with Gasteiger partial charge in [0.25, 0.3) is 0 Å². The molecule has 1 saturated heterocycles. The molecule has 4 nitrogen and oxygen atoms in total. The van der Waals surface area contributed by atoms with E-state index < -0.39 is 5.97 Å². The Morgan fingerprint density at radius 1 is 1.11 bits per heavy atom. The average Bonchev–Trinajstić information content (AvgIpc) is 2.70. The van der Waals surface area contributed by atoms with Crippen molar-refractivity contribution in [2.24, 2.45) is 5.92 Å². The van der Waals surface area contributed by atoms with E-state index in [4.69, 9.17) is 4.98 Å². The SMILES string of the molecule is O=C(O)C1CCCN(C(c2ccc(F)cc2)c2ccc3ccccc3n2)C1. The quantitative estimate of drug-likeness (QED) is 0.752. The second-order valence-corrected chi connectivity index (χ2v) is 7.06. The number of carbonyl (C=O) groups is 1. The summed E-state index contributed by atoms with van der Waals surface area (Å²) < 4.78 is 13.5. The maximum Gasteiger partial charge on any atom is 0.307 e. The number of fused-ring (bicyclic) bond motifs is 1. The Bertz CT molecular complexity index is 958. The summed E-state index contributed by atoms with van der Waals surface area (Å²) in [5, 5.41) is 10.5. The van der Waals surface area contributed by atoms with Crippen LogP contribution in [0.15, 0.2) is 60.7 Å². The van der Waals surface area contributed by atoms with Gasteiger partial charge in [0.2, 0.25) is 0 Å². The van der Waals surface area contributed by atoms with Crippen LogP contribution in [0, 0.1) is 11.7 Å². The van der Waals surface area contributed by atoms with Gasteiger partial charge in [-0.25, -0.2) is 4.39 Å². The van der Waals surface area contributed by atoms with Crippen molar-refractivity contribution in [3.63, 3.8) is 0 Å². The molecule has 2 heterocycles. The van der Waals surface area contributed by atoms with E-state index in [1.807, 2.05) is 36.4 Å². The lowest BCUT2D eigenvalue weighted by Crippen LogP contribution is -2.41. The summed E-state index contributed by atoms with van der Waals surface area (Å²) in [4.78, 5) is 18.5. The minimum absolute atomic E-state index is 0.197. The van der Waals surface area contributed by atoms with E-state index in [-0.39, 0.29) is 17.8 Å². The Hall–Kier alpha value is -2.79. The van der Waals surface area contributed by atoms with Gasteiger partial charge in [-0.2, -0.15) is 0 Å². The van der Waals surface area contributed by atoms with Crippen molar-refractivity contribution in [3.8, 4) is 0 Å². The van der Waals surface area contributed by atoms with Crippen LogP contribution < -0.4 is 0 Å². The summed E-state index contributed by atoms with van der Waals surface area (Å²) in [6, 6.07) is 18.2. The van der Waals surface area contributed by atoms with Crippen LogP contribution in [-0.4, -0.2) is 34.0 Å². The lowest BCUT2D eigenvalue weighted by Gasteiger charge is -2.37. The van der Waals surface area contributed by atoms with Crippen LogP contribution >= 0.6 is 0 Å². The van der Waals surface area contributed by atoms with E-state index in [0.29, 0.717) is 13.0 Å². The van der Waals surface area contributed by atoms with Crippen LogP contribution in [0.25, 0.3) is 10.9 Å². The van der Waals surface area contributed by atoms with E-state index in [1.54, 1.807) is 12.1 Å². The summed E-state index contributed by atoms with van der Waals surface area (Å²) in [5.41, 5.74) is 2.67. The first-order valence-electron chi connectivity index (χ1n) is 9.20. The van der Waals surface area contributed by atoms with Crippen LogP contribution in [0.3, 0.4) is 0 Å². The lowest BCUT2D eigenvalue weighted by atomic mass is 9.93. The third kappa shape index (κ3) is 3.69.